The van der Waals surface area contributed by atoms with Crippen molar-refractivity contribution < 1.29 is 13.2 Å². The van der Waals surface area contributed by atoms with Gasteiger partial charge >= 0.3 is 6.18 Å². The van der Waals surface area contributed by atoms with Gasteiger partial charge in [-0.25, -0.2) is 4.98 Å². The molecule has 5 nitrogen and oxygen atoms in total. The number of halogens is 4. The molecule has 27 heavy (non-hydrogen) atoms. The molecule has 0 atom stereocenters. The SMILES string of the molecule is N#Cc1c(-c2ccc(C(F)(F)F)cc2)nc(Nc2ccc(Cl)cc2)[nH]c1=O. The zero-order chi connectivity index (χ0) is 19.6. The molecule has 0 amide bonds. The molecule has 0 aliphatic carbocycles. The average molecular weight is 391 g/mol. The summed E-state index contributed by atoms with van der Waals surface area (Å²) in [4.78, 5) is 18.8. The van der Waals surface area contributed by atoms with Crippen molar-refractivity contribution in [1.82, 2.24) is 9.97 Å². The van der Waals surface area contributed by atoms with Crippen LogP contribution in [0.5, 0.6) is 0 Å². The minimum Gasteiger partial charge on any atom is -0.326 e. The maximum Gasteiger partial charge on any atom is 0.416 e. The second-order valence-electron chi connectivity index (χ2n) is 5.46. The summed E-state index contributed by atoms with van der Waals surface area (Å²) in [5.41, 5.74) is -1.08. The summed E-state index contributed by atoms with van der Waals surface area (Å²) >= 11 is 5.81. The number of aromatic nitrogens is 2. The number of rotatable bonds is 3. The third-order valence-corrected chi connectivity index (χ3v) is 3.88. The molecule has 0 unspecified atom stereocenters. The van der Waals surface area contributed by atoms with Gasteiger partial charge in [-0.15, -0.1) is 0 Å². The van der Waals surface area contributed by atoms with Gasteiger partial charge in [-0.1, -0.05) is 23.7 Å². The van der Waals surface area contributed by atoms with E-state index in [-0.39, 0.29) is 22.8 Å². The fourth-order valence-electron chi connectivity index (χ4n) is 2.33. The number of hydrogen-bond donors (Lipinski definition) is 2. The zero-order valence-electron chi connectivity index (χ0n) is 13.4. The molecule has 0 aliphatic heterocycles. The highest BCUT2D eigenvalue weighted by molar-refractivity contribution is 6.30. The summed E-state index contributed by atoms with van der Waals surface area (Å²) < 4.78 is 38.2. The summed E-state index contributed by atoms with van der Waals surface area (Å²) in [6, 6.07) is 12.4. The molecule has 0 aliphatic rings. The van der Waals surface area contributed by atoms with Gasteiger partial charge in [0.1, 0.15) is 11.6 Å². The van der Waals surface area contributed by atoms with E-state index in [0.717, 1.165) is 24.3 Å². The van der Waals surface area contributed by atoms with E-state index in [4.69, 9.17) is 11.6 Å². The minimum atomic E-state index is -4.49. The zero-order valence-corrected chi connectivity index (χ0v) is 14.2. The van der Waals surface area contributed by atoms with Crippen molar-refractivity contribution in [3.05, 3.63) is 75.0 Å². The maximum absolute atomic E-state index is 12.7. The Hall–Kier alpha value is -3.31. The van der Waals surface area contributed by atoms with Crippen LogP contribution >= 0.6 is 11.6 Å². The van der Waals surface area contributed by atoms with Crippen LogP contribution in [-0.4, -0.2) is 9.97 Å². The predicted octanol–water partition coefficient (Wildman–Crippen LogP) is 4.72. The Kier molecular flexibility index (Phi) is 4.88. The quantitative estimate of drug-likeness (QED) is 0.677. The highest BCUT2D eigenvalue weighted by Crippen LogP contribution is 2.31. The Balaban J connectivity index is 2.03. The molecule has 0 fully saturated rings. The van der Waals surface area contributed by atoms with Crippen LogP contribution in [0.15, 0.2) is 53.3 Å². The van der Waals surface area contributed by atoms with Crippen LogP contribution in [-0.2, 0) is 6.18 Å². The van der Waals surface area contributed by atoms with Crippen LogP contribution < -0.4 is 10.9 Å². The van der Waals surface area contributed by atoms with Gasteiger partial charge in [-0.2, -0.15) is 18.4 Å². The normalized spacial score (nSPS) is 11.1. The fraction of sp³-hybridized carbons (Fsp3) is 0.0556. The summed E-state index contributed by atoms with van der Waals surface area (Å²) in [6.07, 6.45) is -4.49. The number of nitrogens with one attached hydrogen (secondary N) is 2. The first kappa shape index (κ1) is 18.5. The molecule has 0 saturated heterocycles. The van der Waals surface area contributed by atoms with Crippen LogP contribution in [0.2, 0.25) is 5.02 Å². The first-order valence-electron chi connectivity index (χ1n) is 7.52. The lowest BCUT2D eigenvalue weighted by molar-refractivity contribution is -0.137. The molecular formula is C18H10ClF3N4O. The number of aromatic amines is 1. The molecule has 9 heteroatoms. The van der Waals surface area contributed by atoms with Crippen molar-refractivity contribution in [3.8, 4) is 17.3 Å². The third-order valence-electron chi connectivity index (χ3n) is 3.62. The molecule has 3 rings (SSSR count). The standard InChI is InChI=1S/C18H10ClF3N4O/c19-12-5-7-13(8-6-12)24-17-25-15(14(9-23)16(27)26-17)10-1-3-11(4-2-10)18(20,21)22/h1-8H,(H2,24,25,26,27). The van der Waals surface area contributed by atoms with Crippen LogP contribution in [0, 0.1) is 11.3 Å². The van der Waals surface area contributed by atoms with Gasteiger partial charge in [0.05, 0.1) is 11.3 Å². The first-order valence-corrected chi connectivity index (χ1v) is 7.90. The number of hydrogen-bond acceptors (Lipinski definition) is 4. The molecule has 1 aromatic heterocycles. The van der Waals surface area contributed by atoms with E-state index in [9.17, 15) is 23.2 Å². The van der Waals surface area contributed by atoms with E-state index in [2.05, 4.69) is 15.3 Å². The second-order valence-corrected chi connectivity index (χ2v) is 5.89. The van der Waals surface area contributed by atoms with Crippen molar-refractivity contribution in [3.63, 3.8) is 0 Å². The van der Waals surface area contributed by atoms with Crippen LogP contribution in [0.3, 0.4) is 0 Å². The van der Waals surface area contributed by atoms with Crippen molar-refractivity contribution in [1.29, 1.82) is 5.26 Å². The van der Waals surface area contributed by atoms with Gasteiger partial charge in [0.25, 0.3) is 5.56 Å². The van der Waals surface area contributed by atoms with E-state index in [0.29, 0.717) is 10.7 Å². The Morgan fingerprint density at radius 2 is 1.70 bits per heavy atom. The van der Waals surface area contributed by atoms with Gasteiger partial charge in [0.2, 0.25) is 5.95 Å². The number of H-pyrrole nitrogens is 1. The molecule has 0 bridgehead atoms. The van der Waals surface area contributed by atoms with Gasteiger partial charge in [0.15, 0.2) is 0 Å². The van der Waals surface area contributed by atoms with E-state index in [1.165, 1.54) is 0 Å². The lowest BCUT2D eigenvalue weighted by Crippen LogP contribution is -2.16. The van der Waals surface area contributed by atoms with E-state index < -0.39 is 17.3 Å². The van der Waals surface area contributed by atoms with Gasteiger partial charge in [-0.3, -0.25) is 9.78 Å². The average Bonchev–Trinajstić information content (AvgIpc) is 2.62. The Morgan fingerprint density at radius 3 is 2.26 bits per heavy atom. The van der Waals surface area contributed by atoms with Gasteiger partial charge in [-0.05, 0) is 36.4 Å². The summed E-state index contributed by atoms with van der Waals surface area (Å²) in [5, 5.41) is 12.6. The molecule has 2 N–H and O–H groups in total. The number of nitriles is 1. The Labute approximate surface area is 156 Å². The first-order chi connectivity index (χ1) is 12.8. The molecular weight excluding hydrogens is 381 g/mol. The lowest BCUT2D eigenvalue weighted by Gasteiger charge is -2.10. The summed E-state index contributed by atoms with van der Waals surface area (Å²) in [5.74, 6) is 0.0382. The number of alkyl halides is 3. The molecule has 0 saturated carbocycles. The maximum atomic E-state index is 12.7. The largest absolute Gasteiger partial charge is 0.416 e. The van der Waals surface area contributed by atoms with Crippen LogP contribution in [0.25, 0.3) is 11.3 Å². The number of nitrogens with zero attached hydrogens (tertiary/aromatic N) is 2. The molecule has 1 heterocycles. The van der Waals surface area contributed by atoms with Crippen molar-refractivity contribution in [2.75, 3.05) is 5.32 Å². The van der Waals surface area contributed by atoms with Gasteiger partial charge in [0, 0.05) is 16.3 Å². The van der Waals surface area contributed by atoms with E-state index in [1.54, 1.807) is 30.3 Å². The predicted molar refractivity (Wildman–Crippen MR) is 94.7 cm³/mol. The summed E-state index contributed by atoms with van der Waals surface area (Å²) in [7, 11) is 0. The third kappa shape index (κ3) is 4.10. The van der Waals surface area contributed by atoms with Crippen molar-refractivity contribution in [2.45, 2.75) is 6.18 Å². The van der Waals surface area contributed by atoms with E-state index >= 15 is 0 Å². The van der Waals surface area contributed by atoms with Crippen LogP contribution in [0.4, 0.5) is 24.8 Å². The monoisotopic (exact) mass is 390 g/mol. The lowest BCUT2D eigenvalue weighted by atomic mass is 10.1. The highest BCUT2D eigenvalue weighted by Gasteiger charge is 2.30. The highest BCUT2D eigenvalue weighted by atomic mass is 35.5. The van der Waals surface area contributed by atoms with Gasteiger partial charge < -0.3 is 5.32 Å². The minimum absolute atomic E-state index is 0.0218. The second kappa shape index (κ2) is 7.13. The number of benzene rings is 2. The molecule has 0 radical (unpaired) electrons. The Bertz CT molecular complexity index is 1070. The Morgan fingerprint density at radius 1 is 1.07 bits per heavy atom. The molecule has 136 valence electrons. The smallest absolute Gasteiger partial charge is 0.326 e. The van der Waals surface area contributed by atoms with Crippen molar-refractivity contribution in [2.24, 2.45) is 0 Å². The topological polar surface area (TPSA) is 81.6 Å². The van der Waals surface area contributed by atoms with E-state index in [1.807, 2.05) is 0 Å². The molecule has 0 spiro atoms. The number of anilines is 2. The molecule has 2 aromatic carbocycles. The summed E-state index contributed by atoms with van der Waals surface area (Å²) in [6.45, 7) is 0. The molecule has 3 aromatic rings. The van der Waals surface area contributed by atoms with Crippen molar-refractivity contribution >= 4 is 23.2 Å². The van der Waals surface area contributed by atoms with Crippen LogP contribution in [0.1, 0.15) is 11.1 Å². The fourth-order valence-corrected chi connectivity index (χ4v) is 2.46.